The maximum Gasteiger partial charge on any atom is 0.261 e. The van der Waals surface area contributed by atoms with E-state index in [2.05, 4.69) is 5.32 Å². The predicted octanol–water partition coefficient (Wildman–Crippen LogP) is 3.63. The van der Waals surface area contributed by atoms with Crippen molar-refractivity contribution in [1.29, 1.82) is 0 Å². The van der Waals surface area contributed by atoms with Gasteiger partial charge < -0.3 is 19.7 Å². The highest BCUT2D eigenvalue weighted by molar-refractivity contribution is 5.88. The van der Waals surface area contributed by atoms with E-state index < -0.39 is 6.04 Å². The van der Waals surface area contributed by atoms with Crippen molar-refractivity contribution in [1.82, 2.24) is 10.2 Å². The van der Waals surface area contributed by atoms with Crippen LogP contribution in [0.25, 0.3) is 0 Å². The maximum absolute atomic E-state index is 13.1. The third-order valence-corrected chi connectivity index (χ3v) is 4.99. The number of benzene rings is 2. The molecular weight excluding hydrogens is 380 g/mol. The highest BCUT2D eigenvalue weighted by atomic mass is 16.5. The molecule has 2 rings (SSSR count). The van der Waals surface area contributed by atoms with Crippen LogP contribution < -0.4 is 14.8 Å². The predicted molar refractivity (Wildman–Crippen MR) is 118 cm³/mol. The summed E-state index contributed by atoms with van der Waals surface area (Å²) in [4.78, 5) is 27.2. The molecule has 0 aliphatic heterocycles. The minimum Gasteiger partial charge on any atom is -0.497 e. The fourth-order valence-corrected chi connectivity index (χ4v) is 3.06. The second-order valence-electron chi connectivity index (χ2n) is 7.70. The molecule has 6 nitrogen and oxygen atoms in total. The van der Waals surface area contributed by atoms with Gasteiger partial charge in [-0.25, -0.2) is 0 Å². The number of hydrogen-bond acceptors (Lipinski definition) is 4. The van der Waals surface area contributed by atoms with E-state index in [0.29, 0.717) is 11.5 Å². The van der Waals surface area contributed by atoms with Crippen molar-refractivity contribution in [2.45, 2.75) is 53.2 Å². The molecule has 0 spiro atoms. The van der Waals surface area contributed by atoms with Crippen LogP contribution in [0.15, 0.2) is 42.5 Å². The minimum absolute atomic E-state index is 0.0140. The Morgan fingerprint density at radius 2 is 1.77 bits per heavy atom. The van der Waals surface area contributed by atoms with Crippen molar-refractivity contribution in [3.8, 4) is 11.5 Å². The van der Waals surface area contributed by atoms with Gasteiger partial charge in [-0.05, 0) is 69.5 Å². The number of ether oxygens (including phenoxy) is 2. The summed E-state index contributed by atoms with van der Waals surface area (Å²) in [5, 5.41) is 2.88. The molecule has 2 aromatic rings. The average Bonchev–Trinajstić information content (AvgIpc) is 2.72. The molecule has 0 fully saturated rings. The second kappa shape index (κ2) is 10.7. The van der Waals surface area contributed by atoms with Gasteiger partial charge in [-0.2, -0.15) is 0 Å². The zero-order valence-electron chi connectivity index (χ0n) is 18.7. The van der Waals surface area contributed by atoms with Gasteiger partial charge in [0, 0.05) is 12.6 Å². The molecule has 0 aromatic heterocycles. The highest BCUT2D eigenvalue weighted by Crippen LogP contribution is 2.21. The Bertz CT molecular complexity index is 879. The van der Waals surface area contributed by atoms with Gasteiger partial charge in [-0.3, -0.25) is 9.59 Å². The SMILES string of the molecule is COc1cccc(CN(C(=O)COc2cccc(C)c2C)[C@H](C)C(=O)NC(C)C)c1. The Balaban J connectivity index is 2.21. The average molecular weight is 413 g/mol. The lowest BCUT2D eigenvalue weighted by Crippen LogP contribution is -2.50. The first-order valence-electron chi connectivity index (χ1n) is 10.1. The molecule has 2 amide bonds. The third kappa shape index (κ3) is 6.24. The molecule has 0 aliphatic carbocycles. The number of nitrogens with one attached hydrogen (secondary N) is 1. The topological polar surface area (TPSA) is 67.9 Å². The van der Waals surface area contributed by atoms with Crippen molar-refractivity contribution in [2.75, 3.05) is 13.7 Å². The van der Waals surface area contributed by atoms with Crippen LogP contribution in [0.2, 0.25) is 0 Å². The summed E-state index contributed by atoms with van der Waals surface area (Å²) in [6, 6.07) is 12.5. The van der Waals surface area contributed by atoms with Gasteiger partial charge in [0.15, 0.2) is 6.61 Å². The molecule has 2 aromatic carbocycles. The number of methoxy groups -OCH3 is 1. The molecule has 6 heteroatoms. The molecule has 0 heterocycles. The van der Waals surface area contributed by atoms with E-state index >= 15 is 0 Å². The monoisotopic (exact) mass is 412 g/mol. The molecule has 1 N–H and O–H groups in total. The number of rotatable bonds is 9. The summed E-state index contributed by atoms with van der Waals surface area (Å²) >= 11 is 0. The lowest BCUT2D eigenvalue weighted by molar-refractivity contribution is -0.142. The van der Waals surface area contributed by atoms with Crippen molar-refractivity contribution in [3.63, 3.8) is 0 Å². The van der Waals surface area contributed by atoms with Gasteiger partial charge in [-0.15, -0.1) is 0 Å². The Hall–Kier alpha value is -3.02. The zero-order valence-corrected chi connectivity index (χ0v) is 18.7. The van der Waals surface area contributed by atoms with E-state index in [1.165, 1.54) is 4.90 Å². The Morgan fingerprint density at radius 1 is 1.07 bits per heavy atom. The van der Waals surface area contributed by atoms with Crippen LogP contribution in [-0.2, 0) is 16.1 Å². The number of amides is 2. The molecule has 0 unspecified atom stereocenters. The molecule has 0 aliphatic rings. The van der Waals surface area contributed by atoms with Crippen LogP contribution in [0.5, 0.6) is 11.5 Å². The Morgan fingerprint density at radius 3 is 2.43 bits per heavy atom. The lowest BCUT2D eigenvalue weighted by Gasteiger charge is -2.29. The summed E-state index contributed by atoms with van der Waals surface area (Å²) < 4.78 is 11.1. The van der Waals surface area contributed by atoms with Gasteiger partial charge >= 0.3 is 0 Å². The summed E-state index contributed by atoms with van der Waals surface area (Å²) in [5.74, 6) is 0.910. The fourth-order valence-electron chi connectivity index (χ4n) is 3.06. The zero-order chi connectivity index (χ0) is 22.3. The van der Waals surface area contributed by atoms with Crippen LogP contribution in [0.3, 0.4) is 0 Å². The first-order valence-corrected chi connectivity index (χ1v) is 10.1. The van der Waals surface area contributed by atoms with Gasteiger partial charge in [0.25, 0.3) is 5.91 Å². The van der Waals surface area contributed by atoms with Crippen LogP contribution in [0, 0.1) is 13.8 Å². The first-order chi connectivity index (χ1) is 14.2. The summed E-state index contributed by atoms with van der Waals surface area (Å²) in [6.45, 7) is 9.60. The van der Waals surface area contributed by atoms with Gasteiger partial charge in [0.2, 0.25) is 5.91 Å². The van der Waals surface area contributed by atoms with Crippen LogP contribution in [-0.4, -0.2) is 42.5 Å². The number of nitrogens with zero attached hydrogens (tertiary/aromatic N) is 1. The molecular formula is C24H32N2O4. The van der Waals surface area contributed by atoms with Crippen LogP contribution in [0.1, 0.15) is 37.5 Å². The molecule has 0 radical (unpaired) electrons. The van der Waals surface area contributed by atoms with Crippen LogP contribution >= 0.6 is 0 Å². The summed E-state index contributed by atoms with van der Waals surface area (Å²) in [5.41, 5.74) is 2.96. The Kier molecular flexibility index (Phi) is 8.27. The van der Waals surface area contributed by atoms with Gasteiger partial charge in [-0.1, -0.05) is 24.3 Å². The molecule has 162 valence electrons. The van der Waals surface area contributed by atoms with Crippen molar-refractivity contribution >= 4 is 11.8 Å². The maximum atomic E-state index is 13.1. The number of carbonyl (C=O) groups excluding carboxylic acids is 2. The van der Waals surface area contributed by atoms with Crippen LogP contribution in [0.4, 0.5) is 0 Å². The summed E-state index contributed by atoms with van der Waals surface area (Å²) in [7, 11) is 1.60. The number of aryl methyl sites for hydroxylation is 1. The smallest absolute Gasteiger partial charge is 0.261 e. The molecule has 0 saturated carbocycles. The van der Waals surface area contributed by atoms with Gasteiger partial charge in [0.1, 0.15) is 17.5 Å². The lowest BCUT2D eigenvalue weighted by atomic mass is 10.1. The standard InChI is InChI=1S/C24H32N2O4/c1-16(2)25-24(28)19(5)26(14-20-10-8-11-21(13-20)29-6)23(27)15-30-22-12-7-9-17(3)18(22)4/h7-13,16,19H,14-15H2,1-6H3,(H,25,28)/t19-/m1/s1. The minimum atomic E-state index is -0.645. The molecule has 0 bridgehead atoms. The van der Waals surface area contributed by atoms with E-state index in [1.807, 2.05) is 70.2 Å². The number of carbonyl (C=O) groups is 2. The van der Waals surface area contributed by atoms with E-state index in [1.54, 1.807) is 14.0 Å². The molecule has 30 heavy (non-hydrogen) atoms. The molecule has 1 atom stereocenters. The Labute approximate surface area is 179 Å². The third-order valence-electron chi connectivity index (χ3n) is 4.99. The quantitative estimate of drug-likeness (QED) is 0.683. The molecule has 0 saturated heterocycles. The largest absolute Gasteiger partial charge is 0.497 e. The van der Waals surface area contributed by atoms with E-state index in [0.717, 1.165) is 16.7 Å². The van der Waals surface area contributed by atoms with Crippen molar-refractivity contribution < 1.29 is 19.1 Å². The van der Waals surface area contributed by atoms with E-state index in [-0.39, 0.29) is 31.0 Å². The van der Waals surface area contributed by atoms with Crippen molar-refractivity contribution in [3.05, 3.63) is 59.2 Å². The second-order valence-corrected chi connectivity index (χ2v) is 7.70. The van der Waals surface area contributed by atoms with Gasteiger partial charge in [0.05, 0.1) is 7.11 Å². The summed E-state index contributed by atoms with van der Waals surface area (Å²) in [6.07, 6.45) is 0. The fraction of sp³-hybridized carbons (Fsp3) is 0.417. The van der Waals surface area contributed by atoms with E-state index in [9.17, 15) is 9.59 Å². The first kappa shape index (κ1) is 23.3. The highest BCUT2D eigenvalue weighted by Gasteiger charge is 2.27. The van der Waals surface area contributed by atoms with E-state index in [4.69, 9.17) is 9.47 Å². The normalized spacial score (nSPS) is 11.7. The number of hydrogen-bond donors (Lipinski definition) is 1. The van der Waals surface area contributed by atoms with Crippen molar-refractivity contribution in [2.24, 2.45) is 0 Å².